The zero-order valence-electron chi connectivity index (χ0n) is 32.7. The van der Waals surface area contributed by atoms with E-state index in [2.05, 4.69) is 159 Å². The predicted octanol–water partition coefficient (Wildman–Crippen LogP) is 16.4. The first-order chi connectivity index (χ1) is 26.9. The van der Waals surface area contributed by atoms with Crippen molar-refractivity contribution >= 4 is 83.1 Å². The first kappa shape index (κ1) is 34.1. The lowest BCUT2D eigenvalue weighted by Crippen LogP contribution is -2.12. The van der Waals surface area contributed by atoms with E-state index in [0.717, 1.165) is 0 Å². The van der Waals surface area contributed by atoms with E-state index in [1.807, 2.05) is 0 Å². The molecule has 0 amide bonds. The highest BCUT2D eigenvalue weighted by molar-refractivity contribution is 6.40. The molecule has 0 saturated heterocycles. The summed E-state index contributed by atoms with van der Waals surface area (Å²) >= 11 is 0. The van der Waals surface area contributed by atoms with Gasteiger partial charge in [0.1, 0.15) is 0 Å². The maximum atomic E-state index is 2.54. The molecule has 0 N–H and O–H groups in total. The smallest absolute Gasteiger partial charge is 0.0619 e. The minimum Gasteiger partial charge on any atom is -0.309 e. The zero-order chi connectivity index (χ0) is 37.1. The van der Waals surface area contributed by atoms with Crippen LogP contribution in [-0.4, -0.2) is 0 Å². The fraction of sp³-hybridized carbons (Fsp3) is 0.259. The fourth-order valence-electron chi connectivity index (χ4n) is 9.85. The number of nitrogens with zero attached hydrogens (tertiary/aromatic N) is 1. The van der Waals surface area contributed by atoms with Gasteiger partial charge < -0.3 is 4.90 Å². The van der Waals surface area contributed by atoms with Crippen molar-refractivity contribution in [3.8, 4) is 0 Å². The summed E-state index contributed by atoms with van der Waals surface area (Å²) in [5.41, 5.74) is 10.8. The van der Waals surface area contributed by atoms with Crippen LogP contribution in [-0.2, 0) is 5.41 Å². The Hall–Kier alpha value is -5.40. The lowest BCUT2D eigenvalue weighted by atomic mass is 9.81. The molecule has 2 aliphatic carbocycles. The van der Waals surface area contributed by atoms with Crippen LogP contribution in [0.1, 0.15) is 102 Å². The molecule has 0 radical (unpaired) electrons. The van der Waals surface area contributed by atoms with Gasteiger partial charge in [0, 0.05) is 27.5 Å². The average Bonchev–Trinajstić information content (AvgIpc) is 3.21. The second kappa shape index (κ2) is 13.7. The van der Waals surface area contributed by atoms with Gasteiger partial charge in [-0.1, -0.05) is 148 Å². The van der Waals surface area contributed by atoms with Gasteiger partial charge in [-0.2, -0.15) is 0 Å². The molecule has 0 aliphatic heterocycles. The second-order valence-electron chi connectivity index (χ2n) is 17.4. The standard InChI is InChI=1S/C54H51N/c1-54(2,3)41-34-40-18-12-21-44-45-22-13-23-48-51(45)52(49(35-41)50(40)44)46-19-10-11-20-47(46)53(48)55(42-28-24-38(25-29-42)32-36-14-6-4-7-15-36)43-30-26-39(27-31-43)33-37-16-8-5-9-17-37/h10-13,18-35H,4-9,14-17H2,1-3H3. The summed E-state index contributed by atoms with van der Waals surface area (Å²) in [6, 6.07) is 46.8. The second-order valence-corrected chi connectivity index (χ2v) is 17.4. The zero-order valence-corrected chi connectivity index (χ0v) is 32.7. The monoisotopic (exact) mass is 713 g/mol. The van der Waals surface area contributed by atoms with Gasteiger partial charge in [-0.25, -0.2) is 0 Å². The number of benzene rings is 8. The van der Waals surface area contributed by atoms with E-state index in [0.29, 0.717) is 0 Å². The number of hydrogen-bond donors (Lipinski definition) is 0. The highest BCUT2D eigenvalue weighted by Crippen LogP contribution is 2.51. The molecule has 10 rings (SSSR count). The molecule has 1 heteroatoms. The van der Waals surface area contributed by atoms with Crippen molar-refractivity contribution in [2.75, 3.05) is 4.90 Å². The van der Waals surface area contributed by atoms with Crippen molar-refractivity contribution in [2.24, 2.45) is 0 Å². The van der Waals surface area contributed by atoms with Crippen molar-refractivity contribution in [3.63, 3.8) is 0 Å². The summed E-state index contributed by atoms with van der Waals surface area (Å²) in [4.78, 5) is 2.54. The van der Waals surface area contributed by atoms with Crippen LogP contribution in [0.25, 0.3) is 66.0 Å². The Morgan fingerprint density at radius 3 is 1.49 bits per heavy atom. The molecule has 0 spiro atoms. The van der Waals surface area contributed by atoms with E-state index in [1.165, 1.54) is 152 Å². The molecule has 0 unspecified atom stereocenters. The molecule has 55 heavy (non-hydrogen) atoms. The van der Waals surface area contributed by atoms with Crippen LogP contribution >= 0.6 is 0 Å². The summed E-state index contributed by atoms with van der Waals surface area (Å²) in [7, 11) is 0. The fourth-order valence-corrected chi connectivity index (χ4v) is 9.85. The third kappa shape index (κ3) is 6.09. The third-order valence-electron chi connectivity index (χ3n) is 12.7. The number of anilines is 3. The molecule has 2 aliphatic rings. The molecule has 2 fully saturated rings. The van der Waals surface area contributed by atoms with Crippen molar-refractivity contribution in [3.05, 3.63) is 149 Å². The molecule has 8 aromatic carbocycles. The minimum atomic E-state index is 0.0293. The molecule has 0 aromatic heterocycles. The molecule has 1 nitrogen and oxygen atoms in total. The van der Waals surface area contributed by atoms with Gasteiger partial charge in [-0.15, -0.1) is 0 Å². The van der Waals surface area contributed by atoms with Gasteiger partial charge >= 0.3 is 0 Å². The third-order valence-corrected chi connectivity index (χ3v) is 12.7. The SMILES string of the molecule is CC(C)(C)c1cc2cccc3c4cccc5c(N(c6ccc(C=C7CCCCC7)cc6)c6ccc(C=C7CCCCC7)cc6)c6ccccc6c(c(c1)c23)c54. The van der Waals surface area contributed by atoms with Crippen LogP contribution in [0.15, 0.2) is 132 Å². The van der Waals surface area contributed by atoms with E-state index in [4.69, 9.17) is 0 Å². The van der Waals surface area contributed by atoms with Crippen LogP contribution < -0.4 is 4.90 Å². The van der Waals surface area contributed by atoms with Gasteiger partial charge in [-0.3, -0.25) is 0 Å². The number of fused-ring (bicyclic) bond motifs is 4. The number of hydrogen-bond acceptors (Lipinski definition) is 1. The van der Waals surface area contributed by atoms with Crippen molar-refractivity contribution in [1.29, 1.82) is 0 Å². The van der Waals surface area contributed by atoms with Gasteiger partial charge in [-0.05, 0) is 142 Å². The van der Waals surface area contributed by atoms with E-state index in [9.17, 15) is 0 Å². The Morgan fingerprint density at radius 2 is 0.909 bits per heavy atom. The maximum absolute atomic E-state index is 2.54. The van der Waals surface area contributed by atoms with Gasteiger partial charge in [0.25, 0.3) is 0 Å². The molecular weight excluding hydrogens is 663 g/mol. The van der Waals surface area contributed by atoms with Crippen LogP contribution in [0.5, 0.6) is 0 Å². The molecule has 8 aromatic rings. The minimum absolute atomic E-state index is 0.0293. The molecule has 0 atom stereocenters. The first-order valence-corrected chi connectivity index (χ1v) is 20.9. The normalized spacial score (nSPS) is 15.5. The average molecular weight is 714 g/mol. The Balaban J connectivity index is 1.25. The van der Waals surface area contributed by atoms with E-state index in [-0.39, 0.29) is 5.41 Å². The number of rotatable bonds is 5. The highest BCUT2D eigenvalue weighted by Gasteiger charge is 2.25. The summed E-state index contributed by atoms with van der Waals surface area (Å²) in [6.45, 7) is 7.01. The summed E-state index contributed by atoms with van der Waals surface area (Å²) in [5.74, 6) is 0. The van der Waals surface area contributed by atoms with Crippen LogP contribution in [0.4, 0.5) is 17.1 Å². The Morgan fingerprint density at radius 1 is 0.436 bits per heavy atom. The lowest BCUT2D eigenvalue weighted by molar-refractivity contribution is 0.592. The van der Waals surface area contributed by atoms with E-state index >= 15 is 0 Å². The molecule has 0 heterocycles. The van der Waals surface area contributed by atoms with Crippen molar-refractivity contribution in [2.45, 2.75) is 90.4 Å². The maximum Gasteiger partial charge on any atom is 0.0619 e. The quantitative estimate of drug-likeness (QED) is 0.127. The molecule has 0 bridgehead atoms. The van der Waals surface area contributed by atoms with Crippen molar-refractivity contribution in [1.82, 2.24) is 0 Å². The van der Waals surface area contributed by atoms with Gasteiger partial charge in [0.05, 0.1) is 5.69 Å². The predicted molar refractivity (Wildman–Crippen MR) is 241 cm³/mol. The Kier molecular flexibility index (Phi) is 8.51. The topological polar surface area (TPSA) is 3.24 Å². The first-order valence-electron chi connectivity index (χ1n) is 20.9. The van der Waals surface area contributed by atoms with Crippen LogP contribution in [0, 0.1) is 0 Å². The Labute approximate surface area is 326 Å². The highest BCUT2D eigenvalue weighted by atomic mass is 15.1. The molecule has 272 valence electrons. The Bertz CT molecular complexity index is 2680. The molecular formula is C54H51N. The summed E-state index contributed by atoms with van der Waals surface area (Å²) in [6.07, 6.45) is 17.8. The van der Waals surface area contributed by atoms with Crippen LogP contribution in [0.3, 0.4) is 0 Å². The number of allylic oxidation sites excluding steroid dienone is 2. The van der Waals surface area contributed by atoms with E-state index in [1.54, 1.807) is 11.1 Å². The van der Waals surface area contributed by atoms with E-state index < -0.39 is 0 Å². The van der Waals surface area contributed by atoms with Crippen LogP contribution in [0.2, 0.25) is 0 Å². The largest absolute Gasteiger partial charge is 0.309 e. The van der Waals surface area contributed by atoms with Crippen molar-refractivity contribution < 1.29 is 0 Å². The van der Waals surface area contributed by atoms with Gasteiger partial charge in [0.15, 0.2) is 0 Å². The molecule has 2 saturated carbocycles. The lowest BCUT2D eigenvalue weighted by Gasteiger charge is -2.30. The van der Waals surface area contributed by atoms with Gasteiger partial charge in [0.2, 0.25) is 0 Å². The summed E-state index contributed by atoms with van der Waals surface area (Å²) < 4.78 is 0. The summed E-state index contributed by atoms with van der Waals surface area (Å²) in [5, 5.41) is 13.3.